The molecule has 0 saturated carbocycles. The fourth-order valence-electron chi connectivity index (χ4n) is 2.26. The number of hydrazone groups is 1. The highest BCUT2D eigenvalue weighted by molar-refractivity contribution is 6.31. The molecule has 27 heavy (non-hydrogen) atoms. The molecule has 0 fully saturated rings. The third kappa shape index (κ3) is 4.10. The van der Waals surface area contributed by atoms with Crippen LogP contribution in [0.15, 0.2) is 53.6 Å². The maximum atomic E-state index is 12.1. The number of aromatic nitrogens is 2. The van der Waals surface area contributed by atoms with Crippen molar-refractivity contribution in [3.8, 4) is 17.0 Å². The fourth-order valence-corrected chi connectivity index (χ4v) is 2.48. The topological polar surface area (TPSA) is 134 Å². The Kier molecular flexibility index (Phi) is 5.13. The molecule has 3 N–H and O–H groups in total. The van der Waals surface area contributed by atoms with Gasteiger partial charge in [-0.05, 0) is 12.1 Å². The van der Waals surface area contributed by atoms with Crippen LogP contribution in [0.4, 0.5) is 5.69 Å². The molecular formula is C17H12ClN5O4. The number of halogens is 1. The zero-order valence-electron chi connectivity index (χ0n) is 13.6. The van der Waals surface area contributed by atoms with E-state index in [1.165, 1.54) is 6.07 Å². The Morgan fingerprint density at radius 3 is 2.74 bits per heavy atom. The Labute approximate surface area is 157 Å². The van der Waals surface area contributed by atoms with E-state index in [-0.39, 0.29) is 16.3 Å². The minimum Gasteiger partial charge on any atom is -0.502 e. The first-order valence-corrected chi connectivity index (χ1v) is 7.94. The summed E-state index contributed by atoms with van der Waals surface area (Å²) in [6, 6.07) is 13.1. The predicted octanol–water partition coefficient (Wildman–Crippen LogP) is 3.11. The van der Waals surface area contributed by atoms with Crippen LogP contribution in [0.2, 0.25) is 5.02 Å². The lowest BCUT2D eigenvalue weighted by Gasteiger charge is -2.01. The van der Waals surface area contributed by atoms with Gasteiger partial charge in [0.25, 0.3) is 5.91 Å². The number of phenolic OH excluding ortho intramolecular Hbond substituents is 1. The highest BCUT2D eigenvalue weighted by atomic mass is 35.5. The number of nitrogens with zero attached hydrogens (tertiary/aromatic N) is 3. The number of benzene rings is 2. The third-order valence-corrected chi connectivity index (χ3v) is 3.76. The number of aromatic hydroxyl groups is 1. The number of aromatic amines is 1. The monoisotopic (exact) mass is 385 g/mol. The van der Waals surface area contributed by atoms with Crippen molar-refractivity contribution in [1.29, 1.82) is 0 Å². The molecule has 1 aromatic heterocycles. The number of carbonyl (C=O) groups is 1. The largest absolute Gasteiger partial charge is 0.502 e. The molecule has 10 heteroatoms. The summed E-state index contributed by atoms with van der Waals surface area (Å²) >= 11 is 5.79. The van der Waals surface area contributed by atoms with Gasteiger partial charge in [-0.2, -0.15) is 10.2 Å². The minimum absolute atomic E-state index is 0.0101. The van der Waals surface area contributed by atoms with Gasteiger partial charge < -0.3 is 5.11 Å². The number of H-pyrrole nitrogens is 1. The third-order valence-electron chi connectivity index (χ3n) is 3.54. The zero-order valence-corrected chi connectivity index (χ0v) is 14.3. The number of nitrogens with one attached hydrogen (secondary N) is 2. The molecule has 0 aliphatic rings. The number of nitro benzene ring substituents is 1. The second kappa shape index (κ2) is 7.67. The Morgan fingerprint density at radius 2 is 2.04 bits per heavy atom. The molecule has 0 spiro atoms. The first-order chi connectivity index (χ1) is 13.0. The van der Waals surface area contributed by atoms with Crippen LogP contribution in [-0.2, 0) is 0 Å². The van der Waals surface area contributed by atoms with E-state index in [1.54, 1.807) is 6.07 Å². The van der Waals surface area contributed by atoms with Gasteiger partial charge in [-0.15, -0.1) is 0 Å². The molecule has 9 nitrogen and oxygen atoms in total. The van der Waals surface area contributed by atoms with E-state index in [9.17, 15) is 20.0 Å². The van der Waals surface area contributed by atoms with Crippen molar-refractivity contribution in [2.24, 2.45) is 5.10 Å². The van der Waals surface area contributed by atoms with E-state index in [4.69, 9.17) is 11.6 Å². The van der Waals surface area contributed by atoms with E-state index in [2.05, 4.69) is 20.7 Å². The number of nitro groups is 1. The maximum absolute atomic E-state index is 12.1. The van der Waals surface area contributed by atoms with E-state index >= 15 is 0 Å². The number of phenols is 1. The van der Waals surface area contributed by atoms with Crippen LogP contribution in [0, 0.1) is 10.1 Å². The molecule has 0 saturated heterocycles. The summed E-state index contributed by atoms with van der Waals surface area (Å²) in [4.78, 5) is 22.2. The zero-order chi connectivity index (χ0) is 19.4. The van der Waals surface area contributed by atoms with Crippen LogP contribution >= 0.6 is 11.6 Å². The Bertz CT molecular complexity index is 1030. The molecule has 0 aliphatic heterocycles. The average Bonchev–Trinajstić information content (AvgIpc) is 3.15. The molecule has 1 amide bonds. The van der Waals surface area contributed by atoms with Crippen LogP contribution in [-0.4, -0.2) is 32.3 Å². The normalized spacial score (nSPS) is 10.9. The highest BCUT2D eigenvalue weighted by Crippen LogP contribution is 2.32. The van der Waals surface area contributed by atoms with Crippen LogP contribution in [0.3, 0.4) is 0 Å². The van der Waals surface area contributed by atoms with Gasteiger partial charge in [0.2, 0.25) is 5.75 Å². The molecule has 0 atom stereocenters. The van der Waals surface area contributed by atoms with Crippen molar-refractivity contribution in [2.45, 2.75) is 0 Å². The summed E-state index contributed by atoms with van der Waals surface area (Å²) in [5.74, 6) is -1.17. The van der Waals surface area contributed by atoms with Gasteiger partial charge in [0.1, 0.15) is 5.69 Å². The van der Waals surface area contributed by atoms with Gasteiger partial charge in [-0.3, -0.25) is 20.0 Å². The second-order valence-electron chi connectivity index (χ2n) is 5.35. The molecule has 1 heterocycles. The number of hydrogen-bond donors (Lipinski definition) is 3. The Morgan fingerprint density at radius 1 is 1.30 bits per heavy atom. The summed E-state index contributed by atoms with van der Waals surface area (Å²) in [5.41, 5.74) is 3.28. The van der Waals surface area contributed by atoms with Crippen LogP contribution < -0.4 is 5.43 Å². The van der Waals surface area contributed by atoms with E-state index in [1.807, 2.05) is 30.3 Å². The maximum Gasteiger partial charge on any atom is 0.312 e. The quantitative estimate of drug-likeness (QED) is 0.352. The van der Waals surface area contributed by atoms with Crippen LogP contribution in [0.1, 0.15) is 16.1 Å². The summed E-state index contributed by atoms with van der Waals surface area (Å²) in [6.45, 7) is 0. The number of rotatable bonds is 5. The summed E-state index contributed by atoms with van der Waals surface area (Å²) in [6.07, 6.45) is 1.06. The molecule has 0 bridgehead atoms. The highest BCUT2D eigenvalue weighted by Gasteiger charge is 2.18. The average molecular weight is 386 g/mol. The van der Waals surface area contributed by atoms with Gasteiger partial charge in [0.05, 0.1) is 16.8 Å². The summed E-state index contributed by atoms with van der Waals surface area (Å²) in [5, 5.41) is 31.1. The molecular weight excluding hydrogens is 374 g/mol. The summed E-state index contributed by atoms with van der Waals surface area (Å²) < 4.78 is 0. The van der Waals surface area contributed by atoms with Crippen LogP contribution in [0.25, 0.3) is 11.3 Å². The molecule has 0 radical (unpaired) electrons. The van der Waals surface area contributed by atoms with Gasteiger partial charge >= 0.3 is 5.69 Å². The Balaban J connectivity index is 1.73. The molecule has 0 aliphatic carbocycles. The number of carbonyl (C=O) groups excluding carboxylic acids is 1. The second-order valence-corrected chi connectivity index (χ2v) is 5.79. The first-order valence-electron chi connectivity index (χ1n) is 7.57. The number of amides is 1. The van der Waals surface area contributed by atoms with Crippen molar-refractivity contribution in [1.82, 2.24) is 15.6 Å². The predicted molar refractivity (Wildman–Crippen MR) is 98.9 cm³/mol. The minimum atomic E-state index is -0.771. The van der Waals surface area contributed by atoms with Crippen molar-refractivity contribution in [2.75, 3.05) is 0 Å². The van der Waals surface area contributed by atoms with Gasteiger partial charge in [0.15, 0.2) is 0 Å². The van der Waals surface area contributed by atoms with Gasteiger partial charge in [-0.25, -0.2) is 5.43 Å². The SMILES string of the molecule is O=C(N/N=C\c1cc(Cl)cc([N+](=O)[O-])c1O)c1cc(-c2ccccc2)n[nH]1. The lowest BCUT2D eigenvalue weighted by atomic mass is 10.1. The fraction of sp³-hybridized carbons (Fsp3) is 0. The van der Waals surface area contributed by atoms with E-state index < -0.39 is 22.3 Å². The Hall–Kier alpha value is -3.72. The smallest absolute Gasteiger partial charge is 0.312 e. The van der Waals surface area contributed by atoms with Gasteiger partial charge in [-0.1, -0.05) is 41.9 Å². The molecule has 136 valence electrons. The number of hydrogen-bond acceptors (Lipinski definition) is 6. The standard InChI is InChI=1S/C17H12ClN5O4/c18-12-6-11(16(24)15(7-12)23(26)27)9-19-22-17(25)14-8-13(20-21-14)10-4-2-1-3-5-10/h1-9,24H,(H,20,21)(H,22,25)/b19-9-. The van der Waals surface area contributed by atoms with Crippen molar-refractivity contribution in [3.05, 3.63) is 74.9 Å². The van der Waals surface area contributed by atoms with Crippen molar-refractivity contribution >= 4 is 29.4 Å². The lowest BCUT2D eigenvalue weighted by Crippen LogP contribution is -2.18. The van der Waals surface area contributed by atoms with E-state index in [0.717, 1.165) is 17.8 Å². The molecule has 0 unspecified atom stereocenters. The van der Waals surface area contributed by atoms with Crippen molar-refractivity contribution < 1.29 is 14.8 Å². The molecule has 2 aromatic carbocycles. The van der Waals surface area contributed by atoms with Gasteiger partial charge in [0, 0.05) is 22.2 Å². The van der Waals surface area contributed by atoms with Crippen molar-refractivity contribution in [3.63, 3.8) is 0 Å². The van der Waals surface area contributed by atoms with E-state index in [0.29, 0.717) is 5.69 Å². The molecule has 3 aromatic rings. The first kappa shape index (κ1) is 18.1. The van der Waals surface area contributed by atoms with Crippen LogP contribution in [0.5, 0.6) is 5.75 Å². The lowest BCUT2D eigenvalue weighted by molar-refractivity contribution is -0.385. The molecule has 3 rings (SSSR count). The summed E-state index contributed by atoms with van der Waals surface area (Å²) in [7, 11) is 0.